The molecule has 1 heterocycles. The number of rotatable bonds is 2. The van der Waals surface area contributed by atoms with Crippen molar-refractivity contribution in [1.29, 1.82) is 0 Å². The normalized spacial score (nSPS) is 16.4. The van der Waals surface area contributed by atoms with E-state index >= 15 is 0 Å². The van der Waals surface area contributed by atoms with Gasteiger partial charge in [0.05, 0.1) is 0 Å². The van der Waals surface area contributed by atoms with E-state index in [9.17, 15) is 0 Å². The van der Waals surface area contributed by atoms with Gasteiger partial charge in [-0.15, -0.1) is 10.2 Å². The van der Waals surface area contributed by atoms with Crippen molar-refractivity contribution < 1.29 is 0 Å². The lowest BCUT2D eigenvalue weighted by Gasteiger charge is -1.98. The maximum atomic E-state index is 4.99. The smallest absolute Gasteiger partial charge is 0.231 e. The van der Waals surface area contributed by atoms with Gasteiger partial charge in [-0.2, -0.15) is 5.21 Å². The van der Waals surface area contributed by atoms with Crippen LogP contribution in [0.3, 0.4) is 0 Å². The van der Waals surface area contributed by atoms with Crippen LogP contribution in [0.25, 0.3) is 0 Å². The molecule has 0 aromatic carbocycles. The molecule has 2 rings (SSSR count). The predicted octanol–water partition coefficient (Wildman–Crippen LogP) is -0.373. The largest absolute Gasteiger partial charge is 0.370 e. The van der Waals surface area contributed by atoms with Gasteiger partial charge in [0.15, 0.2) is 0 Å². The molecule has 0 spiro atoms. The summed E-state index contributed by atoms with van der Waals surface area (Å²) < 4.78 is 0. The van der Waals surface area contributed by atoms with E-state index in [0.717, 1.165) is 0 Å². The van der Waals surface area contributed by atoms with E-state index in [0.29, 0.717) is 16.9 Å². The summed E-state index contributed by atoms with van der Waals surface area (Å²) in [7, 11) is 0. The zero-order valence-electron chi connectivity index (χ0n) is 5.74. The average Bonchev–Trinajstić information content (AvgIpc) is 2.67. The van der Waals surface area contributed by atoms with Gasteiger partial charge >= 0.3 is 0 Å². The second kappa shape index (κ2) is 2.54. The quantitative estimate of drug-likeness (QED) is 0.591. The van der Waals surface area contributed by atoms with Gasteiger partial charge < -0.3 is 5.32 Å². The lowest BCUT2D eigenvalue weighted by Crippen LogP contribution is -2.25. The minimum Gasteiger partial charge on any atom is -0.370 e. The molecule has 0 bridgehead atoms. The van der Waals surface area contributed by atoms with E-state index in [1.807, 2.05) is 0 Å². The van der Waals surface area contributed by atoms with Gasteiger partial charge in [-0.25, -0.2) is 0 Å². The third-order valence-electron chi connectivity index (χ3n) is 1.46. The summed E-state index contributed by atoms with van der Waals surface area (Å²) in [6, 6.07) is 0.543. The Hall–Kier alpha value is -1.04. The van der Waals surface area contributed by atoms with Crippen LogP contribution in [0.15, 0.2) is 0 Å². The van der Waals surface area contributed by atoms with Crippen LogP contribution in [-0.2, 0) is 0 Å². The molecule has 5 nitrogen and oxygen atoms in total. The fourth-order valence-electron chi connectivity index (χ4n) is 0.736. The number of nitrogens with one attached hydrogen (secondary N) is 2. The number of hydrogen-bond acceptors (Lipinski definition) is 4. The topological polar surface area (TPSA) is 66.5 Å². The first-order chi connectivity index (χ1) is 5.36. The molecule has 0 unspecified atom stereocenters. The highest BCUT2D eigenvalue weighted by atomic mass is 32.1. The number of H-pyrrole nitrogens is 1. The van der Waals surface area contributed by atoms with Crippen molar-refractivity contribution in [3.8, 4) is 0 Å². The minimum absolute atomic E-state index is 0.479. The Morgan fingerprint density at radius 2 is 2.45 bits per heavy atom. The molecular weight excluding hydrogens is 162 g/mol. The number of tetrazole rings is 1. The molecule has 1 saturated carbocycles. The molecule has 0 saturated heterocycles. The number of nitrogens with zero attached hydrogens (tertiary/aromatic N) is 3. The summed E-state index contributed by atoms with van der Waals surface area (Å²) >= 11 is 4.99. The van der Waals surface area contributed by atoms with Crippen LogP contribution in [0.2, 0.25) is 0 Å². The Labute approximate surface area is 68.6 Å². The monoisotopic (exact) mass is 169 g/mol. The predicted molar refractivity (Wildman–Crippen MR) is 42.0 cm³/mol. The molecule has 58 valence electrons. The molecule has 0 amide bonds. The minimum atomic E-state index is 0.479. The van der Waals surface area contributed by atoms with Gasteiger partial charge in [-0.1, -0.05) is 12.2 Å². The molecule has 1 aromatic heterocycles. The van der Waals surface area contributed by atoms with E-state index in [1.165, 1.54) is 12.8 Å². The Morgan fingerprint density at radius 3 is 3.00 bits per heavy atom. The molecule has 11 heavy (non-hydrogen) atoms. The van der Waals surface area contributed by atoms with Gasteiger partial charge in [0.1, 0.15) is 4.99 Å². The van der Waals surface area contributed by atoms with Crippen molar-refractivity contribution in [2.24, 2.45) is 0 Å². The summed E-state index contributed by atoms with van der Waals surface area (Å²) in [6.45, 7) is 0. The van der Waals surface area contributed by atoms with E-state index < -0.39 is 0 Å². The maximum Gasteiger partial charge on any atom is 0.231 e. The van der Waals surface area contributed by atoms with Gasteiger partial charge in [0.2, 0.25) is 5.82 Å². The van der Waals surface area contributed by atoms with Gasteiger partial charge in [-0.3, -0.25) is 0 Å². The molecular formula is C5H7N5S. The molecule has 1 fully saturated rings. The summed E-state index contributed by atoms with van der Waals surface area (Å²) in [5.41, 5.74) is 0. The second-order valence-electron chi connectivity index (χ2n) is 2.48. The van der Waals surface area contributed by atoms with Crippen molar-refractivity contribution in [1.82, 2.24) is 25.9 Å². The maximum absolute atomic E-state index is 4.99. The van der Waals surface area contributed by atoms with E-state index in [1.54, 1.807) is 0 Å². The van der Waals surface area contributed by atoms with Crippen molar-refractivity contribution in [3.63, 3.8) is 0 Å². The second-order valence-corrected chi connectivity index (χ2v) is 2.89. The lowest BCUT2D eigenvalue weighted by molar-refractivity contribution is 0.881. The Kier molecular flexibility index (Phi) is 1.54. The third-order valence-corrected chi connectivity index (χ3v) is 1.76. The van der Waals surface area contributed by atoms with Crippen molar-refractivity contribution in [2.75, 3.05) is 0 Å². The van der Waals surface area contributed by atoms with Gasteiger partial charge in [0, 0.05) is 6.04 Å². The van der Waals surface area contributed by atoms with Gasteiger partial charge in [-0.05, 0) is 18.1 Å². The Morgan fingerprint density at radius 1 is 1.64 bits per heavy atom. The number of aromatic nitrogens is 4. The van der Waals surface area contributed by atoms with Crippen LogP contribution >= 0.6 is 12.2 Å². The molecule has 1 aliphatic rings. The first-order valence-corrected chi connectivity index (χ1v) is 3.81. The molecule has 2 N–H and O–H groups in total. The number of hydrogen-bond donors (Lipinski definition) is 2. The number of aromatic amines is 1. The summed E-state index contributed by atoms with van der Waals surface area (Å²) in [6.07, 6.45) is 2.38. The molecule has 6 heteroatoms. The van der Waals surface area contributed by atoms with E-state index in [2.05, 4.69) is 25.9 Å². The van der Waals surface area contributed by atoms with Crippen molar-refractivity contribution >= 4 is 17.2 Å². The van der Waals surface area contributed by atoms with Crippen molar-refractivity contribution in [2.45, 2.75) is 18.9 Å². The number of thiocarbonyl (C=S) groups is 1. The highest BCUT2D eigenvalue weighted by molar-refractivity contribution is 7.80. The first-order valence-electron chi connectivity index (χ1n) is 3.40. The molecule has 0 atom stereocenters. The van der Waals surface area contributed by atoms with Crippen LogP contribution in [0.1, 0.15) is 18.7 Å². The average molecular weight is 169 g/mol. The van der Waals surface area contributed by atoms with Gasteiger partial charge in [0.25, 0.3) is 0 Å². The van der Waals surface area contributed by atoms with Crippen LogP contribution in [0, 0.1) is 0 Å². The zero-order chi connectivity index (χ0) is 7.68. The SMILES string of the molecule is S=C(NC1CC1)c1nn[nH]n1. The molecule has 0 aliphatic heterocycles. The zero-order valence-corrected chi connectivity index (χ0v) is 6.56. The van der Waals surface area contributed by atoms with E-state index in [4.69, 9.17) is 12.2 Å². The Bertz CT molecular complexity index is 252. The highest BCUT2D eigenvalue weighted by Crippen LogP contribution is 2.18. The summed E-state index contributed by atoms with van der Waals surface area (Å²) in [4.78, 5) is 0.584. The van der Waals surface area contributed by atoms with E-state index in [-0.39, 0.29) is 0 Å². The fraction of sp³-hybridized carbons (Fsp3) is 0.600. The standard InChI is InChI=1S/C5H7N5S/c11-5(6-3-1-2-3)4-7-9-10-8-4/h3H,1-2H2,(H,6,11)(H,7,8,9,10). The first kappa shape index (κ1) is 6.66. The van der Waals surface area contributed by atoms with Crippen LogP contribution < -0.4 is 5.32 Å². The Balaban J connectivity index is 1.99. The van der Waals surface area contributed by atoms with Crippen molar-refractivity contribution in [3.05, 3.63) is 5.82 Å². The van der Waals surface area contributed by atoms with Crippen LogP contribution in [0.5, 0.6) is 0 Å². The molecule has 0 radical (unpaired) electrons. The third kappa shape index (κ3) is 1.51. The highest BCUT2D eigenvalue weighted by Gasteiger charge is 2.23. The van der Waals surface area contributed by atoms with Crippen LogP contribution in [0.4, 0.5) is 0 Å². The summed E-state index contributed by atoms with van der Waals surface area (Å²) in [5.74, 6) is 0.479. The fourth-order valence-corrected chi connectivity index (χ4v) is 0.989. The van der Waals surface area contributed by atoms with Crippen LogP contribution in [-0.4, -0.2) is 31.7 Å². The molecule has 1 aliphatic carbocycles. The molecule has 1 aromatic rings. The summed E-state index contributed by atoms with van der Waals surface area (Å²) in [5, 5.41) is 16.3. The lowest BCUT2D eigenvalue weighted by atomic mass is 10.5.